The number of aryl methyl sites for hydroxylation is 3. The number of aliphatic imine (C=N–C) groups is 1. The summed E-state index contributed by atoms with van der Waals surface area (Å²) in [4.78, 5) is 19.3. The second-order valence-electron chi connectivity index (χ2n) is 9.38. The Kier molecular flexibility index (Phi) is 10.3. The lowest BCUT2D eigenvalue weighted by molar-refractivity contribution is 0.272. The van der Waals surface area contributed by atoms with Gasteiger partial charge in [0.15, 0.2) is 5.96 Å². The zero-order valence-corrected chi connectivity index (χ0v) is 22.3. The molecule has 1 aromatic heterocycles. The van der Waals surface area contributed by atoms with Crippen molar-refractivity contribution in [2.45, 2.75) is 59.9 Å². The number of pyridine rings is 1. The molecule has 0 amide bonds. The highest BCUT2D eigenvalue weighted by Gasteiger charge is 2.06. The van der Waals surface area contributed by atoms with Crippen molar-refractivity contribution in [3.63, 3.8) is 0 Å². The van der Waals surface area contributed by atoms with E-state index in [1.165, 1.54) is 36.0 Å². The maximum Gasteiger partial charge on any atom is 0.250 e. The summed E-state index contributed by atoms with van der Waals surface area (Å²) >= 11 is 0. The summed E-state index contributed by atoms with van der Waals surface area (Å²) in [6.07, 6.45) is 6.49. The van der Waals surface area contributed by atoms with Crippen LogP contribution in [0.3, 0.4) is 0 Å². The molecular formula is C30H41N5O. The van der Waals surface area contributed by atoms with Crippen molar-refractivity contribution >= 4 is 17.3 Å². The summed E-state index contributed by atoms with van der Waals surface area (Å²) in [5.74, 6) is 0.285. The van der Waals surface area contributed by atoms with Crippen LogP contribution in [-0.2, 0) is 6.54 Å². The van der Waals surface area contributed by atoms with Crippen LogP contribution in [0.25, 0.3) is 11.1 Å². The van der Waals surface area contributed by atoms with Crippen LogP contribution in [0, 0.1) is 13.8 Å². The summed E-state index contributed by atoms with van der Waals surface area (Å²) in [5, 5.41) is 3.12. The number of nitrogens with two attached hydrogens (primary N) is 1. The van der Waals surface area contributed by atoms with E-state index in [2.05, 4.69) is 73.2 Å². The molecule has 0 fully saturated rings. The Hall–Kier alpha value is -3.38. The molecule has 0 atom stereocenters. The average Bonchev–Trinajstić information content (AvgIpc) is 2.86. The monoisotopic (exact) mass is 487 g/mol. The zero-order valence-electron chi connectivity index (χ0n) is 22.3. The minimum absolute atomic E-state index is 0.00724. The van der Waals surface area contributed by atoms with Crippen molar-refractivity contribution < 1.29 is 0 Å². The van der Waals surface area contributed by atoms with Gasteiger partial charge in [-0.2, -0.15) is 0 Å². The standard InChI is InChI=1S/C30H41N5O/c1-5-7-8-19-34(6-2)20-10-21-35-22-27(17-18-28(35)36)33-30(31)32-26-15-13-25(14-16-26)29-23(3)11-9-12-24(29)4/h9,11-18,22H,5-8,10,19-21H2,1-4H3,(H3,31,32,33). The maximum absolute atomic E-state index is 12.4. The molecule has 6 heteroatoms. The molecule has 1 heterocycles. The maximum atomic E-state index is 12.4. The van der Waals surface area contributed by atoms with Crippen LogP contribution in [0.1, 0.15) is 50.7 Å². The Bertz CT molecular complexity index is 1180. The molecule has 0 spiro atoms. The fraction of sp³-hybridized carbons (Fsp3) is 0.400. The van der Waals surface area contributed by atoms with Gasteiger partial charge in [0.1, 0.15) is 0 Å². The second kappa shape index (κ2) is 13.6. The van der Waals surface area contributed by atoms with Gasteiger partial charge in [-0.25, -0.2) is 4.99 Å². The van der Waals surface area contributed by atoms with E-state index in [0.717, 1.165) is 43.0 Å². The van der Waals surface area contributed by atoms with Gasteiger partial charge in [-0.3, -0.25) is 4.79 Å². The summed E-state index contributed by atoms with van der Waals surface area (Å²) in [6.45, 7) is 12.5. The van der Waals surface area contributed by atoms with Crippen LogP contribution in [0.4, 0.5) is 11.4 Å². The number of aromatic nitrogens is 1. The van der Waals surface area contributed by atoms with E-state index in [9.17, 15) is 4.79 Å². The molecule has 192 valence electrons. The zero-order chi connectivity index (χ0) is 25.9. The molecular weight excluding hydrogens is 446 g/mol. The van der Waals surface area contributed by atoms with Crippen molar-refractivity contribution in [1.82, 2.24) is 9.47 Å². The Morgan fingerprint density at radius 3 is 2.31 bits per heavy atom. The lowest BCUT2D eigenvalue weighted by Crippen LogP contribution is -2.28. The minimum atomic E-state index is -0.00724. The van der Waals surface area contributed by atoms with Crippen molar-refractivity contribution in [2.24, 2.45) is 10.7 Å². The molecule has 0 radical (unpaired) electrons. The Morgan fingerprint density at radius 2 is 1.64 bits per heavy atom. The molecule has 6 nitrogen and oxygen atoms in total. The molecule has 3 aromatic rings. The first kappa shape index (κ1) is 27.2. The van der Waals surface area contributed by atoms with E-state index in [0.29, 0.717) is 6.54 Å². The molecule has 0 aliphatic heterocycles. The molecule has 0 bridgehead atoms. The van der Waals surface area contributed by atoms with Crippen LogP contribution < -0.4 is 16.6 Å². The third kappa shape index (κ3) is 7.82. The van der Waals surface area contributed by atoms with Gasteiger partial charge in [0.25, 0.3) is 5.56 Å². The van der Waals surface area contributed by atoms with Gasteiger partial charge in [0, 0.05) is 18.8 Å². The van der Waals surface area contributed by atoms with Crippen LogP contribution in [0.2, 0.25) is 0 Å². The highest BCUT2D eigenvalue weighted by atomic mass is 16.1. The van der Waals surface area contributed by atoms with E-state index < -0.39 is 0 Å². The number of benzene rings is 2. The SMILES string of the molecule is CCCCCN(CC)CCCn1cc(NC(N)=Nc2ccc(-c3c(C)cccc3C)cc2)ccc1=O. The largest absolute Gasteiger partial charge is 0.369 e. The molecule has 0 saturated heterocycles. The van der Waals surface area contributed by atoms with E-state index >= 15 is 0 Å². The number of unbranched alkanes of at least 4 members (excludes halogenated alkanes) is 2. The van der Waals surface area contributed by atoms with Gasteiger partial charge in [-0.1, -0.05) is 57.0 Å². The van der Waals surface area contributed by atoms with Crippen LogP contribution >= 0.6 is 0 Å². The topological polar surface area (TPSA) is 75.7 Å². The third-order valence-corrected chi connectivity index (χ3v) is 6.54. The van der Waals surface area contributed by atoms with Crippen LogP contribution in [0.5, 0.6) is 0 Å². The number of anilines is 1. The Morgan fingerprint density at radius 1 is 0.944 bits per heavy atom. The fourth-order valence-corrected chi connectivity index (χ4v) is 4.55. The lowest BCUT2D eigenvalue weighted by atomic mass is 9.96. The van der Waals surface area contributed by atoms with Crippen molar-refractivity contribution in [2.75, 3.05) is 25.0 Å². The number of hydrogen-bond acceptors (Lipinski definition) is 3. The van der Waals surface area contributed by atoms with E-state index in [-0.39, 0.29) is 11.5 Å². The molecule has 0 unspecified atom stereocenters. The summed E-state index contributed by atoms with van der Waals surface area (Å²) < 4.78 is 1.74. The summed E-state index contributed by atoms with van der Waals surface area (Å²) in [6, 6.07) is 17.7. The normalized spacial score (nSPS) is 11.8. The van der Waals surface area contributed by atoms with Gasteiger partial charge in [-0.15, -0.1) is 0 Å². The quantitative estimate of drug-likeness (QED) is 0.184. The molecule has 0 aliphatic carbocycles. The first-order valence-corrected chi connectivity index (χ1v) is 13.1. The van der Waals surface area contributed by atoms with Gasteiger partial charge < -0.3 is 20.5 Å². The minimum Gasteiger partial charge on any atom is -0.369 e. The van der Waals surface area contributed by atoms with Crippen LogP contribution in [0.15, 0.2) is 70.6 Å². The van der Waals surface area contributed by atoms with Crippen molar-refractivity contribution in [1.29, 1.82) is 0 Å². The van der Waals surface area contributed by atoms with E-state index in [1.54, 1.807) is 16.7 Å². The van der Waals surface area contributed by atoms with Gasteiger partial charge >= 0.3 is 0 Å². The van der Waals surface area contributed by atoms with Crippen LogP contribution in [-0.4, -0.2) is 35.1 Å². The fourth-order valence-electron chi connectivity index (χ4n) is 4.55. The Balaban J connectivity index is 1.61. The molecule has 3 N–H and O–H groups in total. The number of nitrogens with zero attached hydrogens (tertiary/aromatic N) is 3. The summed E-state index contributed by atoms with van der Waals surface area (Å²) in [5.41, 5.74) is 12.6. The van der Waals surface area contributed by atoms with E-state index in [1.807, 2.05) is 18.3 Å². The molecule has 0 aliphatic rings. The smallest absolute Gasteiger partial charge is 0.250 e. The predicted molar refractivity (Wildman–Crippen MR) is 153 cm³/mol. The predicted octanol–water partition coefficient (Wildman–Crippen LogP) is 6.09. The number of nitrogens with one attached hydrogen (secondary N) is 1. The number of rotatable bonds is 12. The number of guanidine groups is 1. The lowest BCUT2D eigenvalue weighted by Gasteiger charge is -2.20. The van der Waals surface area contributed by atoms with E-state index in [4.69, 9.17) is 5.73 Å². The molecule has 3 rings (SSSR count). The van der Waals surface area contributed by atoms with Gasteiger partial charge in [0.2, 0.25) is 0 Å². The van der Waals surface area contributed by atoms with Gasteiger partial charge in [0.05, 0.1) is 11.4 Å². The van der Waals surface area contributed by atoms with Crippen molar-refractivity contribution in [3.05, 3.63) is 82.3 Å². The molecule has 36 heavy (non-hydrogen) atoms. The highest BCUT2D eigenvalue weighted by molar-refractivity contribution is 5.93. The number of hydrogen-bond donors (Lipinski definition) is 2. The molecule has 0 saturated carbocycles. The first-order chi connectivity index (χ1) is 17.4. The Labute approximate surface area is 215 Å². The third-order valence-electron chi connectivity index (χ3n) is 6.54. The first-order valence-electron chi connectivity index (χ1n) is 13.1. The average molecular weight is 488 g/mol. The van der Waals surface area contributed by atoms with Crippen molar-refractivity contribution in [3.8, 4) is 11.1 Å². The van der Waals surface area contributed by atoms with Gasteiger partial charge in [-0.05, 0) is 86.8 Å². The summed E-state index contributed by atoms with van der Waals surface area (Å²) in [7, 11) is 0. The highest BCUT2D eigenvalue weighted by Crippen LogP contribution is 2.28. The molecule has 2 aromatic carbocycles. The second-order valence-corrected chi connectivity index (χ2v) is 9.38.